The number of rotatable bonds is 4. The fourth-order valence-electron chi connectivity index (χ4n) is 3.16. The molecule has 1 amide bonds. The number of benzene rings is 1. The van der Waals surface area contributed by atoms with Crippen molar-refractivity contribution in [3.8, 4) is 10.6 Å². The third-order valence-electron chi connectivity index (χ3n) is 4.79. The summed E-state index contributed by atoms with van der Waals surface area (Å²) in [5.41, 5.74) is 1.88. The second-order valence-corrected chi connectivity index (χ2v) is 8.73. The zero-order valence-corrected chi connectivity index (χ0v) is 17.4. The second-order valence-electron chi connectivity index (χ2n) is 6.78. The highest BCUT2D eigenvalue weighted by Crippen LogP contribution is 2.37. The van der Waals surface area contributed by atoms with Crippen LogP contribution >= 0.6 is 27.3 Å². The lowest BCUT2D eigenvalue weighted by molar-refractivity contribution is -0.117. The van der Waals surface area contributed by atoms with E-state index in [1.807, 2.05) is 31.4 Å². The number of fused-ring (bicyclic) bond motifs is 2. The van der Waals surface area contributed by atoms with Gasteiger partial charge >= 0.3 is 0 Å². The van der Waals surface area contributed by atoms with Gasteiger partial charge in [0, 0.05) is 46.2 Å². The van der Waals surface area contributed by atoms with Crippen LogP contribution in [0.25, 0.3) is 31.6 Å². The Balaban J connectivity index is 1.66. The number of pyridine rings is 2. The number of anilines is 2. The van der Waals surface area contributed by atoms with Crippen molar-refractivity contribution >= 4 is 65.8 Å². The van der Waals surface area contributed by atoms with E-state index in [2.05, 4.69) is 42.6 Å². The molecule has 0 atom stereocenters. The molecular weight excluding hydrogens is 438 g/mol. The molecule has 0 unspecified atom stereocenters. The molecule has 0 spiro atoms. The SMILES string of the molecule is CNc1ncc(-c2nc3ccc(Br)cc3s2)c2cc(NC(=O)C3CC3)ncc12. The molecule has 2 N–H and O–H groups in total. The maximum Gasteiger partial charge on any atom is 0.228 e. The number of amides is 1. The zero-order valence-electron chi connectivity index (χ0n) is 15.0. The molecule has 6 nitrogen and oxygen atoms in total. The highest BCUT2D eigenvalue weighted by Gasteiger charge is 2.29. The van der Waals surface area contributed by atoms with Gasteiger partial charge in [-0.3, -0.25) is 4.79 Å². The lowest BCUT2D eigenvalue weighted by atomic mass is 10.1. The highest BCUT2D eigenvalue weighted by atomic mass is 79.9. The number of hydrogen-bond acceptors (Lipinski definition) is 6. The molecular formula is C20H16BrN5OS. The number of halogens is 1. The first-order valence-electron chi connectivity index (χ1n) is 8.96. The summed E-state index contributed by atoms with van der Waals surface area (Å²) in [5, 5.41) is 8.78. The third kappa shape index (κ3) is 3.12. The summed E-state index contributed by atoms with van der Waals surface area (Å²) >= 11 is 5.13. The van der Waals surface area contributed by atoms with Crippen LogP contribution in [0.5, 0.6) is 0 Å². The van der Waals surface area contributed by atoms with Crippen LogP contribution in [0, 0.1) is 5.92 Å². The number of nitrogens with zero attached hydrogens (tertiary/aromatic N) is 3. The summed E-state index contributed by atoms with van der Waals surface area (Å²) in [6, 6.07) is 7.97. The Labute approximate surface area is 173 Å². The average molecular weight is 454 g/mol. The Bertz CT molecular complexity index is 1230. The summed E-state index contributed by atoms with van der Waals surface area (Å²) in [6.45, 7) is 0. The van der Waals surface area contributed by atoms with Crippen LogP contribution in [0.3, 0.4) is 0 Å². The van der Waals surface area contributed by atoms with Crippen molar-refractivity contribution in [2.24, 2.45) is 5.92 Å². The molecule has 1 saturated carbocycles. The Kier molecular flexibility index (Phi) is 4.25. The van der Waals surface area contributed by atoms with E-state index in [0.29, 0.717) is 5.82 Å². The van der Waals surface area contributed by atoms with Crippen molar-refractivity contribution in [1.82, 2.24) is 15.0 Å². The minimum Gasteiger partial charge on any atom is -0.373 e. The molecule has 8 heteroatoms. The van der Waals surface area contributed by atoms with Crippen LogP contribution in [-0.4, -0.2) is 27.9 Å². The molecule has 0 aliphatic heterocycles. The summed E-state index contributed by atoms with van der Waals surface area (Å²) in [5.74, 6) is 1.48. The summed E-state index contributed by atoms with van der Waals surface area (Å²) in [6.07, 6.45) is 5.50. The Morgan fingerprint density at radius 2 is 2.04 bits per heavy atom. The minimum atomic E-state index is 0.0427. The molecule has 3 heterocycles. The van der Waals surface area contributed by atoms with E-state index in [1.54, 1.807) is 17.5 Å². The smallest absolute Gasteiger partial charge is 0.228 e. The average Bonchev–Trinajstić information content (AvgIpc) is 3.47. The van der Waals surface area contributed by atoms with Crippen molar-refractivity contribution in [2.45, 2.75) is 12.8 Å². The lowest BCUT2D eigenvalue weighted by Crippen LogP contribution is -2.14. The lowest BCUT2D eigenvalue weighted by Gasteiger charge is -2.10. The Hall–Kier alpha value is -2.58. The monoisotopic (exact) mass is 453 g/mol. The number of carbonyl (C=O) groups excluding carboxylic acids is 1. The topological polar surface area (TPSA) is 79.8 Å². The van der Waals surface area contributed by atoms with Gasteiger partial charge < -0.3 is 10.6 Å². The van der Waals surface area contributed by atoms with Crippen molar-refractivity contribution in [2.75, 3.05) is 17.7 Å². The first-order valence-corrected chi connectivity index (χ1v) is 10.6. The van der Waals surface area contributed by atoms with E-state index in [4.69, 9.17) is 4.98 Å². The third-order valence-corrected chi connectivity index (χ3v) is 6.33. The van der Waals surface area contributed by atoms with Gasteiger partial charge in [-0.15, -0.1) is 11.3 Å². The van der Waals surface area contributed by atoms with E-state index in [1.165, 1.54) is 0 Å². The largest absolute Gasteiger partial charge is 0.373 e. The fraction of sp³-hybridized carbons (Fsp3) is 0.200. The molecule has 1 aliphatic carbocycles. The quantitative estimate of drug-likeness (QED) is 0.451. The van der Waals surface area contributed by atoms with Crippen LogP contribution in [0.1, 0.15) is 12.8 Å². The molecule has 0 bridgehead atoms. The van der Waals surface area contributed by atoms with E-state index in [9.17, 15) is 4.79 Å². The Morgan fingerprint density at radius 3 is 2.82 bits per heavy atom. The number of carbonyl (C=O) groups is 1. The molecule has 5 rings (SSSR count). The maximum atomic E-state index is 12.1. The molecule has 4 aromatic rings. The van der Waals surface area contributed by atoms with Crippen molar-refractivity contribution in [3.05, 3.63) is 41.1 Å². The number of hydrogen-bond donors (Lipinski definition) is 2. The Morgan fingerprint density at radius 1 is 1.18 bits per heavy atom. The second kappa shape index (κ2) is 6.79. The van der Waals surface area contributed by atoms with Crippen LogP contribution in [0.4, 0.5) is 11.6 Å². The van der Waals surface area contributed by atoms with Crippen molar-refractivity contribution in [1.29, 1.82) is 0 Å². The minimum absolute atomic E-state index is 0.0427. The number of thiazole rings is 1. The molecule has 0 saturated heterocycles. The summed E-state index contributed by atoms with van der Waals surface area (Å²) < 4.78 is 2.13. The zero-order chi connectivity index (χ0) is 19.3. The fourth-order valence-corrected chi connectivity index (χ4v) is 4.70. The van der Waals surface area contributed by atoms with Crippen LogP contribution in [0.2, 0.25) is 0 Å². The first kappa shape index (κ1) is 17.5. The van der Waals surface area contributed by atoms with Gasteiger partial charge in [0.2, 0.25) is 5.91 Å². The molecule has 1 aliphatic rings. The van der Waals surface area contributed by atoms with Gasteiger partial charge in [-0.1, -0.05) is 15.9 Å². The van der Waals surface area contributed by atoms with Gasteiger partial charge in [0.15, 0.2) is 0 Å². The molecule has 1 aromatic carbocycles. The predicted molar refractivity (Wildman–Crippen MR) is 117 cm³/mol. The number of nitrogens with one attached hydrogen (secondary N) is 2. The normalized spacial score (nSPS) is 13.8. The van der Waals surface area contributed by atoms with Gasteiger partial charge in [-0.25, -0.2) is 15.0 Å². The van der Waals surface area contributed by atoms with Crippen molar-refractivity contribution in [3.63, 3.8) is 0 Å². The predicted octanol–water partition coefficient (Wildman–Crippen LogP) is 5.06. The summed E-state index contributed by atoms with van der Waals surface area (Å²) in [4.78, 5) is 25.9. The van der Waals surface area contributed by atoms with E-state index < -0.39 is 0 Å². The number of aromatic nitrogens is 3. The standard InChI is InChI=1S/C20H16BrN5OS/c1-22-18-13-8-23-17(26-19(27)10-2-3-10)7-12(13)14(9-24-18)20-25-15-5-4-11(21)6-16(15)28-20/h4-10H,2-3H2,1H3,(H,22,24)(H,23,26,27). The van der Waals surface area contributed by atoms with Gasteiger partial charge in [-0.2, -0.15) is 0 Å². The first-order chi connectivity index (χ1) is 13.6. The van der Waals surface area contributed by atoms with E-state index >= 15 is 0 Å². The van der Waals surface area contributed by atoms with Crippen molar-refractivity contribution < 1.29 is 4.79 Å². The molecule has 0 radical (unpaired) electrons. The van der Waals surface area contributed by atoms with Crippen LogP contribution < -0.4 is 10.6 Å². The molecule has 28 heavy (non-hydrogen) atoms. The van der Waals surface area contributed by atoms with E-state index in [0.717, 1.165) is 54.7 Å². The molecule has 140 valence electrons. The van der Waals surface area contributed by atoms with E-state index in [-0.39, 0.29) is 11.8 Å². The summed E-state index contributed by atoms with van der Waals surface area (Å²) in [7, 11) is 1.83. The molecule has 3 aromatic heterocycles. The van der Waals surface area contributed by atoms with Gasteiger partial charge in [0.25, 0.3) is 0 Å². The van der Waals surface area contributed by atoms with Gasteiger partial charge in [0.05, 0.1) is 10.2 Å². The van der Waals surface area contributed by atoms with Crippen LogP contribution in [0.15, 0.2) is 41.1 Å². The van der Waals surface area contributed by atoms with Gasteiger partial charge in [-0.05, 0) is 37.1 Å². The molecule has 1 fully saturated rings. The van der Waals surface area contributed by atoms with Gasteiger partial charge in [0.1, 0.15) is 16.6 Å². The van der Waals surface area contributed by atoms with Crippen LogP contribution in [-0.2, 0) is 4.79 Å². The maximum absolute atomic E-state index is 12.1. The highest BCUT2D eigenvalue weighted by molar-refractivity contribution is 9.10.